The van der Waals surface area contributed by atoms with Crippen LogP contribution in [0.5, 0.6) is 5.75 Å². The van der Waals surface area contributed by atoms with Crippen LogP contribution in [0.25, 0.3) is 0 Å². The van der Waals surface area contributed by atoms with Crippen LogP contribution < -0.4 is 4.74 Å². The molecule has 0 radical (unpaired) electrons. The minimum Gasteiger partial charge on any atom is -0.490 e. The number of hydrogen-bond donors (Lipinski definition) is 1. The van der Waals surface area contributed by atoms with E-state index in [-0.39, 0.29) is 6.10 Å². The summed E-state index contributed by atoms with van der Waals surface area (Å²) in [6.45, 7) is 3.46. The molecule has 25 heavy (non-hydrogen) atoms. The van der Waals surface area contributed by atoms with E-state index in [1.54, 1.807) is 0 Å². The number of aryl methyl sites for hydroxylation is 1. The molecule has 6 heteroatoms. The summed E-state index contributed by atoms with van der Waals surface area (Å²) in [5.41, 5.74) is 2.51. The maximum absolute atomic E-state index is 10.6. The maximum Gasteiger partial charge on any atom is 0.122 e. The molecule has 4 nitrogen and oxygen atoms in total. The van der Waals surface area contributed by atoms with Crippen molar-refractivity contribution in [2.24, 2.45) is 0 Å². The molecule has 3 rings (SSSR count). The first kappa shape index (κ1) is 18.5. The molecular weight excluding hydrogens is 361 g/mol. The van der Waals surface area contributed by atoms with Gasteiger partial charge >= 0.3 is 0 Å². The fraction of sp³-hybridized carbons (Fsp3) is 0.421. The minimum atomic E-state index is -0.727. The van der Waals surface area contributed by atoms with Gasteiger partial charge in [-0.1, -0.05) is 35.3 Å². The van der Waals surface area contributed by atoms with Gasteiger partial charge in [-0.2, -0.15) is 0 Å². The van der Waals surface area contributed by atoms with Crippen molar-refractivity contribution in [2.45, 2.75) is 38.4 Å². The van der Waals surface area contributed by atoms with Gasteiger partial charge in [0.25, 0.3) is 0 Å². The molecule has 2 aromatic rings. The molecule has 1 aromatic carbocycles. The summed E-state index contributed by atoms with van der Waals surface area (Å²) in [5, 5.41) is 11.5. The van der Waals surface area contributed by atoms with E-state index in [2.05, 4.69) is 4.98 Å². The first-order valence-electron chi connectivity index (χ1n) is 8.35. The molecule has 1 fully saturated rings. The van der Waals surface area contributed by atoms with Crippen molar-refractivity contribution in [3.63, 3.8) is 0 Å². The average Bonchev–Trinajstić information content (AvgIpc) is 2.61. The summed E-state index contributed by atoms with van der Waals surface area (Å²) >= 11 is 12.3. The Morgan fingerprint density at radius 3 is 2.60 bits per heavy atom. The van der Waals surface area contributed by atoms with Gasteiger partial charge in [-0.15, -0.1) is 0 Å². The Morgan fingerprint density at radius 1 is 1.24 bits per heavy atom. The SMILES string of the molecule is Cc1ccc(C(O)Cc2c(Cl)cncc2Cl)cc1OC1CCOCC1. The van der Waals surface area contributed by atoms with E-state index < -0.39 is 6.10 Å². The first-order valence-corrected chi connectivity index (χ1v) is 9.11. The summed E-state index contributed by atoms with van der Waals surface area (Å²) in [5.74, 6) is 0.801. The number of halogens is 2. The van der Waals surface area contributed by atoms with Gasteiger partial charge in [0.2, 0.25) is 0 Å². The number of ether oxygens (including phenoxy) is 2. The summed E-state index contributed by atoms with van der Waals surface area (Å²) in [7, 11) is 0. The van der Waals surface area contributed by atoms with E-state index in [1.165, 1.54) is 12.4 Å². The van der Waals surface area contributed by atoms with E-state index in [0.29, 0.717) is 22.0 Å². The number of benzene rings is 1. The molecule has 0 amide bonds. The number of aromatic nitrogens is 1. The molecule has 1 aliphatic rings. The zero-order valence-corrected chi connectivity index (χ0v) is 15.6. The monoisotopic (exact) mass is 381 g/mol. The summed E-state index contributed by atoms with van der Waals surface area (Å²) in [6, 6.07) is 5.77. The van der Waals surface area contributed by atoms with Gasteiger partial charge in [0.1, 0.15) is 11.9 Å². The lowest BCUT2D eigenvalue weighted by atomic mass is 10.0. The van der Waals surface area contributed by atoms with Gasteiger partial charge in [-0.25, -0.2) is 0 Å². The fourth-order valence-electron chi connectivity index (χ4n) is 2.87. The minimum absolute atomic E-state index is 0.156. The van der Waals surface area contributed by atoms with E-state index in [4.69, 9.17) is 32.7 Å². The van der Waals surface area contributed by atoms with Crippen LogP contribution in [0.1, 0.15) is 35.6 Å². The second-order valence-electron chi connectivity index (χ2n) is 6.26. The molecule has 1 atom stereocenters. The Morgan fingerprint density at radius 2 is 1.92 bits per heavy atom. The molecule has 0 saturated carbocycles. The highest BCUT2D eigenvalue weighted by Crippen LogP contribution is 2.31. The largest absolute Gasteiger partial charge is 0.490 e. The average molecular weight is 382 g/mol. The van der Waals surface area contributed by atoms with Crippen LogP contribution in [-0.4, -0.2) is 29.4 Å². The van der Waals surface area contributed by atoms with Gasteiger partial charge in [0.15, 0.2) is 0 Å². The molecule has 1 aromatic heterocycles. The normalized spacial score (nSPS) is 16.6. The number of aliphatic hydroxyl groups excluding tert-OH is 1. The third-order valence-corrected chi connectivity index (χ3v) is 5.06. The molecule has 1 saturated heterocycles. The quantitative estimate of drug-likeness (QED) is 0.826. The molecule has 0 aliphatic carbocycles. The van der Waals surface area contributed by atoms with Gasteiger partial charge < -0.3 is 14.6 Å². The fourth-order valence-corrected chi connectivity index (χ4v) is 3.39. The van der Waals surface area contributed by atoms with Crippen molar-refractivity contribution in [3.05, 3.63) is 57.3 Å². The Kier molecular flexibility index (Phi) is 6.18. The van der Waals surface area contributed by atoms with Crippen molar-refractivity contribution in [1.82, 2.24) is 4.98 Å². The lowest BCUT2D eigenvalue weighted by Crippen LogP contribution is -2.26. The third-order valence-electron chi connectivity index (χ3n) is 4.41. The molecule has 1 aliphatic heterocycles. The molecule has 1 unspecified atom stereocenters. The summed E-state index contributed by atoms with van der Waals surface area (Å²) in [4.78, 5) is 3.94. The molecule has 0 spiro atoms. The number of pyridine rings is 1. The molecule has 2 heterocycles. The first-order chi connectivity index (χ1) is 12.0. The summed E-state index contributed by atoms with van der Waals surface area (Å²) in [6.07, 6.45) is 4.58. The number of aliphatic hydroxyl groups is 1. The van der Waals surface area contributed by atoms with Gasteiger partial charge in [0, 0.05) is 31.7 Å². The standard InChI is InChI=1S/C19H21Cl2NO3/c1-12-2-3-13(8-19(12)25-14-4-6-24-7-5-14)18(23)9-15-16(20)10-22-11-17(15)21/h2-3,8,10-11,14,18,23H,4-7,9H2,1H3. The van der Waals surface area contributed by atoms with Crippen LogP contribution in [0.3, 0.4) is 0 Å². The van der Waals surface area contributed by atoms with Gasteiger partial charge in [-0.3, -0.25) is 4.98 Å². The highest BCUT2D eigenvalue weighted by molar-refractivity contribution is 6.35. The molecular formula is C19H21Cl2NO3. The second kappa shape index (κ2) is 8.37. The van der Waals surface area contributed by atoms with Crippen LogP contribution in [-0.2, 0) is 11.2 Å². The highest BCUT2D eigenvalue weighted by atomic mass is 35.5. The van der Waals surface area contributed by atoms with Crippen molar-refractivity contribution in [3.8, 4) is 5.75 Å². The zero-order valence-electron chi connectivity index (χ0n) is 14.0. The smallest absolute Gasteiger partial charge is 0.122 e. The van der Waals surface area contributed by atoms with Gasteiger partial charge in [-0.05, 0) is 29.7 Å². The van der Waals surface area contributed by atoms with E-state index in [1.807, 2.05) is 25.1 Å². The predicted molar refractivity (Wildman–Crippen MR) is 98.6 cm³/mol. The Labute approximate surface area is 157 Å². The van der Waals surface area contributed by atoms with Crippen LogP contribution in [0.2, 0.25) is 10.0 Å². The van der Waals surface area contributed by atoms with Crippen LogP contribution >= 0.6 is 23.2 Å². The van der Waals surface area contributed by atoms with Crippen molar-refractivity contribution in [1.29, 1.82) is 0 Å². The molecule has 0 bridgehead atoms. The third kappa shape index (κ3) is 4.64. The topological polar surface area (TPSA) is 51.6 Å². The Bertz CT molecular complexity index is 712. The molecule has 134 valence electrons. The van der Waals surface area contributed by atoms with Crippen molar-refractivity contribution >= 4 is 23.2 Å². The lowest BCUT2D eigenvalue weighted by molar-refractivity contribution is 0.0251. The predicted octanol–water partition coefficient (Wildman–Crippen LogP) is 4.53. The second-order valence-corrected chi connectivity index (χ2v) is 7.07. The van der Waals surface area contributed by atoms with E-state index >= 15 is 0 Å². The number of rotatable bonds is 5. The number of nitrogens with zero attached hydrogens (tertiary/aromatic N) is 1. The maximum atomic E-state index is 10.6. The summed E-state index contributed by atoms with van der Waals surface area (Å²) < 4.78 is 11.5. The van der Waals surface area contributed by atoms with Crippen LogP contribution in [0.15, 0.2) is 30.6 Å². The Balaban J connectivity index is 1.76. The van der Waals surface area contributed by atoms with E-state index in [0.717, 1.165) is 42.9 Å². The van der Waals surface area contributed by atoms with Crippen LogP contribution in [0.4, 0.5) is 0 Å². The number of hydrogen-bond acceptors (Lipinski definition) is 4. The Hall–Kier alpha value is -1.33. The van der Waals surface area contributed by atoms with Gasteiger partial charge in [0.05, 0.1) is 29.4 Å². The van der Waals surface area contributed by atoms with E-state index in [9.17, 15) is 5.11 Å². The van der Waals surface area contributed by atoms with Crippen LogP contribution in [0, 0.1) is 6.92 Å². The van der Waals surface area contributed by atoms with Crippen molar-refractivity contribution < 1.29 is 14.6 Å². The van der Waals surface area contributed by atoms with Crippen molar-refractivity contribution in [2.75, 3.05) is 13.2 Å². The highest BCUT2D eigenvalue weighted by Gasteiger charge is 2.19. The lowest BCUT2D eigenvalue weighted by Gasteiger charge is -2.25. The zero-order chi connectivity index (χ0) is 17.8. The molecule has 1 N–H and O–H groups in total.